The number of hydrogen-bond donors (Lipinski definition) is 3. The lowest BCUT2D eigenvalue weighted by Crippen LogP contribution is -2.58. The van der Waals surface area contributed by atoms with Crippen LogP contribution in [0.15, 0.2) is 24.3 Å². The Hall–Kier alpha value is -2.04. The van der Waals surface area contributed by atoms with Crippen LogP contribution in [0.25, 0.3) is 0 Å². The number of fused-ring (bicyclic) bond motifs is 1. The summed E-state index contributed by atoms with van der Waals surface area (Å²) in [5.74, 6) is -0.858. The largest absolute Gasteiger partial charge is 0.481 e. The van der Waals surface area contributed by atoms with Gasteiger partial charge in [0, 0.05) is 6.04 Å². The van der Waals surface area contributed by atoms with Gasteiger partial charge in [0.25, 0.3) is 0 Å². The second kappa shape index (κ2) is 5.39. The molecular formula is C16H20N2O3. The average Bonchev–Trinajstić information content (AvgIpc) is 2.77. The Balaban J connectivity index is 1.55. The van der Waals surface area contributed by atoms with Crippen LogP contribution in [-0.2, 0) is 17.6 Å². The van der Waals surface area contributed by atoms with E-state index in [4.69, 9.17) is 5.11 Å². The van der Waals surface area contributed by atoms with Crippen LogP contribution in [0.4, 0.5) is 4.79 Å². The minimum Gasteiger partial charge on any atom is -0.481 e. The molecule has 3 N–H and O–H groups in total. The predicted octanol–water partition coefficient (Wildman–Crippen LogP) is 1.85. The summed E-state index contributed by atoms with van der Waals surface area (Å²) in [5.41, 5.74) is 2.03. The summed E-state index contributed by atoms with van der Waals surface area (Å²) in [6, 6.07) is 8.06. The topological polar surface area (TPSA) is 78.4 Å². The minimum absolute atomic E-state index is 0.00527. The van der Waals surface area contributed by atoms with Gasteiger partial charge in [-0.25, -0.2) is 4.79 Å². The van der Waals surface area contributed by atoms with Crippen molar-refractivity contribution in [1.82, 2.24) is 10.6 Å². The molecule has 2 amide bonds. The van der Waals surface area contributed by atoms with Crippen LogP contribution in [0.3, 0.4) is 0 Å². The van der Waals surface area contributed by atoms with Crippen molar-refractivity contribution in [1.29, 1.82) is 0 Å². The van der Waals surface area contributed by atoms with E-state index in [0.29, 0.717) is 0 Å². The maximum atomic E-state index is 12.1. The van der Waals surface area contributed by atoms with E-state index in [2.05, 4.69) is 22.8 Å². The molecule has 2 aliphatic carbocycles. The molecule has 1 fully saturated rings. The highest BCUT2D eigenvalue weighted by Crippen LogP contribution is 2.34. The molecule has 0 atom stereocenters. The van der Waals surface area contributed by atoms with Crippen molar-refractivity contribution in [2.24, 2.45) is 0 Å². The van der Waals surface area contributed by atoms with E-state index in [1.54, 1.807) is 0 Å². The highest BCUT2D eigenvalue weighted by molar-refractivity contribution is 5.77. The number of rotatable bonds is 4. The molecule has 112 valence electrons. The summed E-state index contributed by atoms with van der Waals surface area (Å²) in [6.45, 7) is 0. The fourth-order valence-electron chi connectivity index (χ4n) is 3.36. The first-order valence-electron chi connectivity index (χ1n) is 7.44. The Morgan fingerprint density at radius 1 is 1.19 bits per heavy atom. The number of hydrogen-bond acceptors (Lipinski definition) is 2. The van der Waals surface area contributed by atoms with Gasteiger partial charge in [-0.3, -0.25) is 4.79 Å². The van der Waals surface area contributed by atoms with Crippen LogP contribution in [0.5, 0.6) is 0 Å². The molecule has 0 aromatic heterocycles. The summed E-state index contributed by atoms with van der Waals surface area (Å²) in [4.78, 5) is 23.0. The summed E-state index contributed by atoms with van der Waals surface area (Å²) < 4.78 is 0. The fourth-order valence-corrected chi connectivity index (χ4v) is 3.36. The lowest BCUT2D eigenvalue weighted by Gasteiger charge is -2.41. The second-order valence-corrected chi connectivity index (χ2v) is 6.18. The third-order valence-electron chi connectivity index (χ3n) is 4.57. The van der Waals surface area contributed by atoms with Crippen LogP contribution in [0.2, 0.25) is 0 Å². The van der Waals surface area contributed by atoms with Gasteiger partial charge in [-0.05, 0) is 43.2 Å². The van der Waals surface area contributed by atoms with Gasteiger partial charge in [0.2, 0.25) is 0 Å². The first kappa shape index (κ1) is 13.9. The number of benzene rings is 1. The molecule has 0 unspecified atom stereocenters. The second-order valence-electron chi connectivity index (χ2n) is 6.18. The zero-order valence-electron chi connectivity index (χ0n) is 11.9. The number of carboxylic acids is 1. The molecule has 0 saturated heterocycles. The first-order valence-corrected chi connectivity index (χ1v) is 7.44. The van der Waals surface area contributed by atoms with Crippen molar-refractivity contribution >= 4 is 12.0 Å². The van der Waals surface area contributed by atoms with Crippen LogP contribution in [0, 0.1) is 0 Å². The monoisotopic (exact) mass is 288 g/mol. The van der Waals surface area contributed by atoms with Gasteiger partial charge in [0.15, 0.2) is 0 Å². The molecule has 3 rings (SSSR count). The molecule has 5 nitrogen and oxygen atoms in total. The van der Waals surface area contributed by atoms with E-state index < -0.39 is 11.5 Å². The number of carbonyl (C=O) groups excluding carboxylic acids is 1. The van der Waals surface area contributed by atoms with E-state index in [9.17, 15) is 9.59 Å². The minimum atomic E-state index is -0.858. The van der Waals surface area contributed by atoms with Crippen molar-refractivity contribution < 1.29 is 14.7 Å². The zero-order chi connectivity index (χ0) is 14.9. The van der Waals surface area contributed by atoms with E-state index in [1.807, 2.05) is 12.1 Å². The lowest BCUT2D eigenvalue weighted by atomic mass is 9.74. The number of nitrogens with one attached hydrogen (secondary N) is 2. The van der Waals surface area contributed by atoms with Gasteiger partial charge in [0.05, 0.1) is 12.0 Å². The lowest BCUT2D eigenvalue weighted by molar-refractivity contribution is -0.139. The number of amides is 2. The van der Waals surface area contributed by atoms with Gasteiger partial charge in [-0.15, -0.1) is 0 Å². The quantitative estimate of drug-likeness (QED) is 0.791. The molecule has 0 aliphatic heterocycles. The molecule has 1 aromatic carbocycles. The molecule has 1 saturated carbocycles. The average molecular weight is 288 g/mol. The van der Waals surface area contributed by atoms with Gasteiger partial charge in [-0.2, -0.15) is 0 Å². The van der Waals surface area contributed by atoms with E-state index in [-0.39, 0.29) is 18.5 Å². The molecule has 0 heterocycles. The summed E-state index contributed by atoms with van der Waals surface area (Å²) >= 11 is 0. The molecule has 0 bridgehead atoms. The van der Waals surface area contributed by atoms with Gasteiger partial charge in [0.1, 0.15) is 0 Å². The van der Waals surface area contributed by atoms with E-state index in [0.717, 1.165) is 32.1 Å². The number of urea groups is 1. The predicted molar refractivity (Wildman–Crippen MR) is 78.1 cm³/mol. The van der Waals surface area contributed by atoms with Gasteiger partial charge >= 0.3 is 12.0 Å². The van der Waals surface area contributed by atoms with Crippen LogP contribution in [0.1, 0.15) is 36.8 Å². The zero-order valence-corrected chi connectivity index (χ0v) is 11.9. The van der Waals surface area contributed by atoms with Crippen molar-refractivity contribution in [2.75, 3.05) is 0 Å². The van der Waals surface area contributed by atoms with Crippen molar-refractivity contribution in [3.05, 3.63) is 35.4 Å². The Morgan fingerprint density at radius 2 is 1.81 bits per heavy atom. The number of carboxylic acid groups (broad SMARTS) is 1. The SMILES string of the molecule is O=C(O)CC1(NC(=O)NC2Cc3ccccc3C2)CCC1. The Labute approximate surface area is 123 Å². The van der Waals surface area contributed by atoms with Crippen molar-refractivity contribution in [3.63, 3.8) is 0 Å². The van der Waals surface area contributed by atoms with Gasteiger partial charge < -0.3 is 15.7 Å². The van der Waals surface area contributed by atoms with Crippen molar-refractivity contribution in [2.45, 2.75) is 50.1 Å². The summed E-state index contributed by atoms with van der Waals surface area (Å²) in [6.07, 6.45) is 4.16. The maximum Gasteiger partial charge on any atom is 0.315 e. The van der Waals surface area contributed by atoms with Crippen molar-refractivity contribution in [3.8, 4) is 0 Å². The molecule has 0 radical (unpaired) electrons. The van der Waals surface area contributed by atoms with Crippen LogP contribution < -0.4 is 10.6 Å². The molecule has 2 aliphatic rings. The standard InChI is InChI=1S/C16H20N2O3/c19-14(20)10-16(6-3-7-16)18-15(21)17-13-8-11-4-1-2-5-12(11)9-13/h1-2,4-5,13H,3,6-10H2,(H,19,20)(H2,17,18,21). The van der Waals surface area contributed by atoms with E-state index in [1.165, 1.54) is 11.1 Å². The van der Waals surface area contributed by atoms with Crippen LogP contribution in [-0.4, -0.2) is 28.7 Å². The summed E-state index contributed by atoms with van der Waals surface area (Å²) in [5, 5.41) is 14.8. The Morgan fingerprint density at radius 3 is 2.29 bits per heavy atom. The maximum absolute atomic E-state index is 12.1. The third-order valence-corrected chi connectivity index (χ3v) is 4.57. The van der Waals surface area contributed by atoms with Crippen LogP contribution >= 0.6 is 0 Å². The molecule has 21 heavy (non-hydrogen) atoms. The molecule has 0 spiro atoms. The highest BCUT2D eigenvalue weighted by atomic mass is 16.4. The Bertz CT molecular complexity index is 541. The Kier molecular flexibility index (Phi) is 3.57. The normalized spacial score (nSPS) is 19.4. The number of aliphatic carboxylic acids is 1. The third kappa shape index (κ3) is 3.01. The van der Waals surface area contributed by atoms with E-state index >= 15 is 0 Å². The smallest absolute Gasteiger partial charge is 0.315 e. The summed E-state index contributed by atoms with van der Waals surface area (Å²) in [7, 11) is 0. The highest BCUT2D eigenvalue weighted by Gasteiger charge is 2.40. The van der Waals surface area contributed by atoms with Gasteiger partial charge in [-0.1, -0.05) is 24.3 Å². The molecule has 1 aromatic rings. The number of carbonyl (C=O) groups is 2. The fraction of sp³-hybridized carbons (Fsp3) is 0.500. The first-order chi connectivity index (χ1) is 10.1. The molecular weight excluding hydrogens is 268 g/mol. The molecule has 5 heteroatoms.